The van der Waals surface area contributed by atoms with Crippen LogP contribution in [0.3, 0.4) is 0 Å². The third-order valence-corrected chi connectivity index (χ3v) is 3.98. The lowest BCUT2D eigenvalue weighted by atomic mass is 10.0. The number of hydrogen-bond donors (Lipinski definition) is 2. The van der Waals surface area contributed by atoms with Crippen LogP contribution in [0.1, 0.15) is 25.3 Å². The molecule has 2 heterocycles. The van der Waals surface area contributed by atoms with Crippen LogP contribution in [0.4, 0.5) is 17.5 Å². The van der Waals surface area contributed by atoms with Crippen molar-refractivity contribution in [1.29, 1.82) is 0 Å². The van der Waals surface area contributed by atoms with Crippen LogP contribution in [0.25, 0.3) is 10.2 Å². The third-order valence-electron chi connectivity index (χ3n) is 3.18. The Hall–Kier alpha value is -2.14. The van der Waals surface area contributed by atoms with Crippen LogP contribution < -0.4 is 11.1 Å². The van der Waals surface area contributed by atoms with Crippen LogP contribution in [0.2, 0.25) is 0 Å². The molecule has 3 rings (SSSR count). The highest BCUT2D eigenvalue weighted by Gasteiger charge is 2.11. The minimum atomic E-state index is 0.296. The molecule has 3 aromatic rings. The van der Waals surface area contributed by atoms with E-state index in [1.54, 1.807) is 11.3 Å². The summed E-state index contributed by atoms with van der Waals surface area (Å²) >= 11 is 1.57. The molecule has 0 atom stereocenters. The van der Waals surface area contributed by atoms with Crippen molar-refractivity contribution >= 4 is 39.0 Å². The van der Waals surface area contributed by atoms with E-state index in [1.165, 1.54) is 5.56 Å². The molecule has 2 aromatic heterocycles. The van der Waals surface area contributed by atoms with Gasteiger partial charge in [-0.2, -0.15) is 4.98 Å². The summed E-state index contributed by atoms with van der Waals surface area (Å²) in [5, 5.41) is 6.40. The van der Waals surface area contributed by atoms with Crippen molar-refractivity contribution in [2.75, 3.05) is 11.1 Å². The Balaban J connectivity index is 2.08. The molecule has 0 radical (unpaired) electrons. The first-order valence-corrected chi connectivity index (χ1v) is 7.40. The van der Waals surface area contributed by atoms with Crippen LogP contribution in [0.15, 0.2) is 35.7 Å². The molecule has 0 fully saturated rings. The normalized spacial score (nSPS) is 11.2. The van der Waals surface area contributed by atoms with Gasteiger partial charge in [0.05, 0.1) is 5.39 Å². The Morgan fingerprint density at radius 2 is 1.95 bits per heavy atom. The summed E-state index contributed by atoms with van der Waals surface area (Å²) in [4.78, 5) is 9.48. The Bertz CT molecular complexity index is 748. The first-order valence-electron chi connectivity index (χ1n) is 6.52. The van der Waals surface area contributed by atoms with Gasteiger partial charge < -0.3 is 11.1 Å². The maximum absolute atomic E-state index is 5.78. The molecule has 102 valence electrons. The van der Waals surface area contributed by atoms with Crippen LogP contribution in [-0.2, 0) is 0 Å². The van der Waals surface area contributed by atoms with E-state index in [0.717, 1.165) is 21.7 Å². The number of benzene rings is 1. The van der Waals surface area contributed by atoms with Crippen LogP contribution in [0, 0.1) is 0 Å². The quantitative estimate of drug-likeness (QED) is 0.758. The molecular formula is C15H16N4S. The van der Waals surface area contributed by atoms with Gasteiger partial charge in [0.15, 0.2) is 0 Å². The van der Waals surface area contributed by atoms with Crippen LogP contribution in [0.5, 0.6) is 0 Å². The largest absolute Gasteiger partial charge is 0.368 e. The summed E-state index contributed by atoms with van der Waals surface area (Å²) in [5.74, 6) is 1.50. The van der Waals surface area contributed by atoms with E-state index in [0.29, 0.717) is 11.9 Å². The standard InChI is InChI=1S/C15H16N4S/c1-9(2)10-5-3-4-6-12(10)17-13-11-7-8-20-14(11)19-15(16)18-13/h3-9H,1-2H3,(H3,16,17,18,19). The van der Waals surface area contributed by atoms with Gasteiger partial charge >= 0.3 is 0 Å². The van der Waals surface area contributed by atoms with Gasteiger partial charge in [0, 0.05) is 5.69 Å². The molecule has 0 saturated heterocycles. The fourth-order valence-electron chi connectivity index (χ4n) is 2.21. The summed E-state index contributed by atoms with van der Waals surface area (Å²) in [6, 6.07) is 10.3. The van der Waals surface area contributed by atoms with Crippen molar-refractivity contribution in [2.45, 2.75) is 19.8 Å². The van der Waals surface area contributed by atoms with E-state index < -0.39 is 0 Å². The number of nitrogens with zero attached hydrogens (tertiary/aromatic N) is 2. The lowest BCUT2D eigenvalue weighted by molar-refractivity contribution is 0.869. The third kappa shape index (κ3) is 2.32. The molecule has 3 N–H and O–H groups in total. The molecular weight excluding hydrogens is 268 g/mol. The van der Waals surface area contributed by atoms with Crippen LogP contribution in [-0.4, -0.2) is 9.97 Å². The molecule has 0 aliphatic carbocycles. The monoisotopic (exact) mass is 284 g/mol. The zero-order valence-electron chi connectivity index (χ0n) is 11.4. The van der Waals surface area contributed by atoms with Gasteiger partial charge in [0.2, 0.25) is 5.95 Å². The first kappa shape index (κ1) is 12.9. The Morgan fingerprint density at radius 1 is 1.15 bits per heavy atom. The van der Waals surface area contributed by atoms with E-state index in [-0.39, 0.29) is 0 Å². The maximum atomic E-state index is 5.78. The number of aromatic nitrogens is 2. The van der Waals surface area contributed by atoms with Crippen molar-refractivity contribution in [3.8, 4) is 0 Å². The second-order valence-electron chi connectivity index (χ2n) is 4.94. The molecule has 0 amide bonds. The molecule has 0 spiro atoms. The SMILES string of the molecule is CC(C)c1ccccc1Nc1nc(N)nc2sccc12. The second kappa shape index (κ2) is 5.09. The number of nitrogen functional groups attached to an aromatic ring is 1. The van der Waals surface area contributed by atoms with Gasteiger partial charge in [-0.25, -0.2) is 4.98 Å². The average Bonchev–Trinajstić information content (AvgIpc) is 2.87. The second-order valence-corrected chi connectivity index (χ2v) is 5.83. The smallest absolute Gasteiger partial charge is 0.223 e. The molecule has 4 nitrogen and oxygen atoms in total. The Kier molecular flexibility index (Phi) is 3.28. The summed E-state index contributed by atoms with van der Waals surface area (Å²) in [7, 11) is 0. The highest BCUT2D eigenvalue weighted by atomic mass is 32.1. The Labute approximate surface area is 121 Å². The van der Waals surface area contributed by atoms with Gasteiger partial charge in [-0.1, -0.05) is 32.0 Å². The van der Waals surface area contributed by atoms with E-state index >= 15 is 0 Å². The number of hydrogen-bond acceptors (Lipinski definition) is 5. The minimum absolute atomic E-state index is 0.296. The van der Waals surface area contributed by atoms with E-state index in [1.807, 2.05) is 17.5 Å². The number of rotatable bonds is 3. The number of nitrogens with one attached hydrogen (secondary N) is 1. The Morgan fingerprint density at radius 3 is 2.75 bits per heavy atom. The van der Waals surface area contributed by atoms with Crippen molar-refractivity contribution in [3.05, 3.63) is 41.3 Å². The maximum Gasteiger partial charge on any atom is 0.223 e. The number of para-hydroxylation sites is 1. The molecule has 0 unspecified atom stereocenters. The topological polar surface area (TPSA) is 63.8 Å². The number of nitrogens with two attached hydrogens (primary N) is 1. The lowest BCUT2D eigenvalue weighted by Crippen LogP contribution is -2.02. The van der Waals surface area contributed by atoms with E-state index in [4.69, 9.17) is 5.73 Å². The number of fused-ring (bicyclic) bond motifs is 1. The molecule has 0 aliphatic heterocycles. The summed E-state index contributed by atoms with van der Waals surface area (Å²) < 4.78 is 0. The van der Waals surface area contributed by atoms with Crippen molar-refractivity contribution in [3.63, 3.8) is 0 Å². The van der Waals surface area contributed by atoms with Gasteiger partial charge in [-0.3, -0.25) is 0 Å². The van der Waals surface area contributed by atoms with Crippen molar-refractivity contribution in [1.82, 2.24) is 9.97 Å². The van der Waals surface area contributed by atoms with Crippen molar-refractivity contribution in [2.24, 2.45) is 0 Å². The summed E-state index contributed by atoms with van der Waals surface area (Å²) in [5.41, 5.74) is 8.10. The molecule has 1 aromatic carbocycles. The van der Waals surface area contributed by atoms with Gasteiger partial charge in [-0.15, -0.1) is 11.3 Å². The molecule has 0 saturated carbocycles. The highest BCUT2D eigenvalue weighted by Crippen LogP contribution is 2.31. The number of thiophene rings is 1. The summed E-state index contributed by atoms with van der Waals surface area (Å²) in [6.45, 7) is 4.35. The van der Waals surface area contributed by atoms with Gasteiger partial charge in [-0.05, 0) is 29.0 Å². The average molecular weight is 284 g/mol. The van der Waals surface area contributed by atoms with Gasteiger partial charge in [0.1, 0.15) is 10.6 Å². The zero-order chi connectivity index (χ0) is 14.1. The molecule has 5 heteroatoms. The first-order chi connectivity index (χ1) is 9.65. The van der Waals surface area contributed by atoms with Crippen molar-refractivity contribution < 1.29 is 0 Å². The highest BCUT2D eigenvalue weighted by molar-refractivity contribution is 7.16. The lowest BCUT2D eigenvalue weighted by Gasteiger charge is -2.14. The van der Waals surface area contributed by atoms with E-state index in [9.17, 15) is 0 Å². The minimum Gasteiger partial charge on any atom is -0.368 e. The fourth-order valence-corrected chi connectivity index (χ4v) is 2.98. The predicted molar refractivity (Wildman–Crippen MR) is 85.6 cm³/mol. The van der Waals surface area contributed by atoms with Crippen LogP contribution >= 0.6 is 11.3 Å². The van der Waals surface area contributed by atoms with E-state index in [2.05, 4.69) is 47.3 Å². The molecule has 20 heavy (non-hydrogen) atoms. The zero-order valence-corrected chi connectivity index (χ0v) is 12.2. The molecule has 0 bridgehead atoms. The number of anilines is 3. The molecule has 0 aliphatic rings. The fraction of sp³-hybridized carbons (Fsp3) is 0.200. The summed E-state index contributed by atoms with van der Waals surface area (Å²) in [6.07, 6.45) is 0. The predicted octanol–water partition coefficient (Wildman–Crippen LogP) is 4.14. The van der Waals surface area contributed by atoms with Gasteiger partial charge in [0.25, 0.3) is 0 Å².